The fraction of sp³-hybridized carbons (Fsp3) is 0.0714. The van der Waals surface area contributed by atoms with E-state index in [9.17, 15) is 4.79 Å². The van der Waals surface area contributed by atoms with Crippen LogP contribution in [0.15, 0.2) is 108 Å². The van der Waals surface area contributed by atoms with Crippen LogP contribution in [0.2, 0.25) is 10.0 Å². The topological polar surface area (TPSA) is 53.9 Å². The van der Waals surface area contributed by atoms with E-state index < -0.39 is 0 Å². The Bertz CT molecular complexity index is 1360. The highest BCUT2D eigenvalue weighted by Gasteiger charge is 2.32. The van der Waals surface area contributed by atoms with Gasteiger partial charge in [-0.2, -0.15) is 5.10 Å². The molecule has 174 valence electrons. The van der Waals surface area contributed by atoms with Gasteiger partial charge in [-0.3, -0.25) is 0 Å². The number of urea groups is 1. The molecular weight excluding hydrogens is 481 g/mol. The number of benzene rings is 4. The third-order valence-corrected chi connectivity index (χ3v) is 6.13. The van der Waals surface area contributed by atoms with Crippen molar-refractivity contribution in [3.63, 3.8) is 0 Å². The molecule has 4 aromatic rings. The summed E-state index contributed by atoms with van der Waals surface area (Å²) in [5, 5.41) is 10.4. The fourth-order valence-electron chi connectivity index (χ4n) is 3.92. The number of hydrogen-bond acceptors (Lipinski definition) is 3. The number of hydrogen-bond donors (Lipinski definition) is 1. The maximum atomic E-state index is 13.2. The van der Waals surface area contributed by atoms with E-state index in [0.717, 1.165) is 22.6 Å². The van der Waals surface area contributed by atoms with Crippen LogP contribution in [0.1, 0.15) is 17.0 Å². The first-order chi connectivity index (χ1) is 17.0. The molecule has 0 saturated heterocycles. The van der Waals surface area contributed by atoms with E-state index in [1.807, 2.05) is 97.1 Å². The Kier molecular flexibility index (Phi) is 6.70. The molecule has 0 saturated carbocycles. The van der Waals surface area contributed by atoms with Crippen molar-refractivity contribution in [2.45, 2.75) is 5.92 Å². The summed E-state index contributed by atoms with van der Waals surface area (Å²) >= 11 is 12.2. The van der Waals surface area contributed by atoms with Crippen LogP contribution in [-0.4, -0.2) is 23.3 Å². The molecule has 1 heterocycles. The SMILES string of the molecule is O=C(Nc1cccc(Oc2ccccc2)c1)N1CC(c2ccc(Cl)cc2)C(c2ccc(Cl)cc2)=N1. The van der Waals surface area contributed by atoms with Crippen LogP contribution in [0, 0.1) is 0 Å². The molecule has 0 spiro atoms. The third-order valence-electron chi connectivity index (χ3n) is 5.63. The minimum absolute atomic E-state index is 0.105. The van der Waals surface area contributed by atoms with E-state index in [0.29, 0.717) is 28.0 Å². The van der Waals surface area contributed by atoms with Crippen molar-refractivity contribution in [2.75, 3.05) is 11.9 Å². The van der Waals surface area contributed by atoms with Crippen molar-refractivity contribution in [3.05, 3.63) is 124 Å². The first kappa shape index (κ1) is 23.0. The average Bonchev–Trinajstić information content (AvgIpc) is 3.31. The summed E-state index contributed by atoms with van der Waals surface area (Å²) in [6, 6.07) is 31.5. The van der Waals surface area contributed by atoms with Gasteiger partial charge in [0.1, 0.15) is 11.5 Å². The van der Waals surface area contributed by atoms with Crippen LogP contribution in [0.3, 0.4) is 0 Å². The van der Waals surface area contributed by atoms with Crippen molar-refractivity contribution < 1.29 is 9.53 Å². The van der Waals surface area contributed by atoms with Crippen LogP contribution >= 0.6 is 23.2 Å². The lowest BCUT2D eigenvalue weighted by molar-refractivity contribution is 0.218. The summed E-state index contributed by atoms with van der Waals surface area (Å²) in [5.74, 6) is 1.24. The van der Waals surface area contributed by atoms with Crippen molar-refractivity contribution in [1.29, 1.82) is 0 Å². The third kappa shape index (κ3) is 5.48. The Morgan fingerprint density at radius 1 is 0.829 bits per heavy atom. The minimum atomic E-state index is -0.329. The second kappa shape index (κ2) is 10.2. The van der Waals surface area contributed by atoms with E-state index in [2.05, 4.69) is 10.4 Å². The maximum absolute atomic E-state index is 13.2. The molecule has 7 heteroatoms. The zero-order valence-electron chi connectivity index (χ0n) is 18.6. The number of amides is 2. The lowest BCUT2D eigenvalue weighted by atomic mass is 9.91. The van der Waals surface area contributed by atoms with Gasteiger partial charge in [0.2, 0.25) is 0 Å². The maximum Gasteiger partial charge on any atom is 0.342 e. The molecule has 5 nitrogen and oxygen atoms in total. The summed E-state index contributed by atoms with van der Waals surface area (Å²) < 4.78 is 5.88. The molecule has 1 atom stereocenters. The van der Waals surface area contributed by atoms with E-state index in [1.165, 1.54) is 5.01 Å². The highest BCUT2D eigenvalue weighted by molar-refractivity contribution is 6.31. The highest BCUT2D eigenvalue weighted by atomic mass is 35.5. The molecule has 2 amide bonds. The van der Waals surface area contributed by atoms with Crippen molar-refractivity contribution in [3.8, 4) is 11.5 Å². The van der Waals surface area contributed by atoms with Gasteiger partial charge in [-0.1, -0.05) is 71.7 Å². The van der Waals surface area contributed by atoms with Crippen molar-refractivity contribution in [1.82, 2.24) is 5.01 Å². The van der Waals surface area contributed by atoms with Crippen LogP contribution in [0.4, 0.5) is 10.5 Å². The molecule has 0 aromatic heterocycles. The standard InChI is InChI=1S/C28H21Cl2N3O2/c29-21-13-9-19(10-14-21)26-18-33(32-27(26)20-11-15-22(30)16-12-20)28(34)31-23-5-4-8-25(17-23)35-24-6-2-1-3-7-24/h1-17,26H,18H2,(H,31,34). The molecule has 35 heavy (non-hydrogen) atoms. The molecular formula is C28H21Cl2N3O2. The second-order valence-corrected chi connectivity index (χ2v) is 8.92. The molecule has 1 N–H and O–H groups in total. The van der Waals surface area contributed by atoms with Crippen LogP contribution in [0.5, 0.6) is 11.5 Å². The molecule has 0 fully saturated rings. The first-order valence-electron chi connectivity index (χ1n) is 11.1. The molecule has 1 aliphatic heterocycles. The number of carbonyl (C=O) groups is 1. The van der Waals surface area contributed by atoms with E-state index in [1.54, 1.807) is 6.07 Å². The largest absolute Gasteiger partial charge is 0.457 e. The van der Waals surface area contributed by atoms with Crippen molar-refractivity contribution >= 4 is 40.6 Å². The lowest BCUT2D eigenvalue weighted by Crippen LogP contribution is -2.30. The molecule has 0 aliphatic carbocycles. The Morgan fingerprint density at radius 3 is 2.20 bits per heavy atom. The predicted molar refractivity (Wildman–Crippen MR) is 141 cm³/mol. The molecule has 1 aliphatic rings. The van der Waals surface area contributed by atoms with Gasteiger partial charge in [0.15, 0.2) is 0 Å². The summed E-state index contributed by atoms with van der Waals surface area (Å²) in [5.41, 5.74) is 3.33. The van der Waals surface area contributed by atoms with Gasteiger partial charge < -0.3 is 10.1 Å². The fourth-order valence-corrected chi connectivity index (χ4v) is 4.17. The summed E-state index contributed by atoms with van der Waals surface area (Å²) in [6.07, 6.45) is 0. The molecule has 0 bridgehead atoms. The lowest BCUT2D eigenvalue weighted by Gasteiger charge is -2.16. The number of para-hydroxylation sites is 1. The summed E-state index contributed by atoms with van der Waals surface area (Å²) in [6.45, 7) is 0.394. The number of rotatable bonds is 5. The number of nitrogens with zero attached hydrogens (tertiary/aromatic N) is 2. The Balaban J connectivity index is 1.37. The number of ether oxygens (including phenoxy) is 1. The average molecular weight is 502 g/mol. The Hall–Kier alpha value is -3.80. The first-order valence-corrected chi connectivity index (χ1v) is 11.8. The zero-order valence-corrected chi connectivity index (χ0v) is 20.1. The van der Waals surface area contributed by atoms with E-state index in [-0.39, 0.29) is 11.9 Å². The number of nitrogens with one attached hydrogen (secondary N) is 1. The van der Waals surface area contributed by atoms with Gasteiger partial charge in [-0.25, -0.2) is 9.80 Å². The molecule has 1 unspecified atom stereocenters. The van der Waals surface area contributed by atoms with Gasteiger partial charge in [0, 0.05) is 27.7 Å². The van der Waals surface area contributed by atoms with Crippen LogP contribution < -0.4 is 10.1 Å². The summed E-state index contributed by atoms with van der Waals surface area (Å²) in [4.78, 5) is 13.2. The van der Waals surface area contributed by atoms with Gasteiger partial charge in [-0.15, -0.1) is 0 Å². The normalized spacial score (nSPS) is 15.0. The molecule has 5 rings (SSSR count). The zero-order chi connectivity index (χ0) is 24.2. The predicted octanol–water partition coefficient (Wildman–Crippen LogP) is 7.82. The number of hydrazone groups is 1. The number of carbonyl (C=O) groups excluding carboxylic acids is 1. The molecule has 0 radical (unpaired) electrons. The van der Waals surface area contributed by atoms with Gasteiger partial charge in [0.05, 0.1) is 12.3 Å². The monoisotopic (exact) mass is 501 g/mol. The minimum Gasteiger partial charge on any atom is -0.457 e. The second-order valence-electron chi connectivity index (χ2n) is 8.05. The van der Waals surface area contributed by atoms with Crippen molar-refractivity contribution in [2.24, 2.45) is 5.10 Å². The smallest absolute Gasteiger partial charge is 0.342 e. The van der Waals surface area contributed by atoms with Crippen LogP contribution in [0.25, 0.3) is 0 Å². The Morgan fingerprint density at radius 2 is 1.49 bits per heavy atom. The highest BCUT2D eigenvalue weighted by Crippen LogP contribution is 2.31. The summed E-state index contributed by atoms with van der Waals surface area (Å²) in [7, 11) is 0. The van der Waals surface area contributed by atoms with E-state index in [4.69, 9.17) is 27.9 Å². The quantitative estimate of drug-likeness (QED) is 0.303. The van der Waals surface area contributed by atoms with E-state index >= 15 is 0 Å². The molecule has 4 aromatic carbocycles. The Labute approximate surface area is 213 Å². The van der Waals surface area contributed by atoms with Gasteiger partial charge in [-0.05, 0) is 59.7 Å². The van der Waals surface area contributed by atoms with Gasteiger partial charge in [0.25, 0.3) is 0 Å². The van der Waals surface area contributed by atoms with Gasteiger partial charge >= 0.3 is 6.03 Å². The van der Waals surface area contributed by atoms with Crippen LogP contribution in [-0.2, 0) is 0 Å². The number of halogens is 2. The number of anilines is 1.